The van der Waals surface area contributed by atoms with Crippen LogP contribution >= 0.6 is 34.5 Å². The van der Waals surface area contributed by atoms with E-state index >= 15 is 0 Å². The van der Waals surface area contributed by atoms with Crippen LogP contribution in [0.3, 0.4) is 0 Å². The fraction of sp³-hybridized carbons (Fsp3) is 0.692. The summed E-state index contributed by atoms with van der Waals surface area (Å²) in [5.41, 5.74) is 1.25. The van der Waals surface area contributed by atoms with E-state index in [4.69, 9.17) is 27.9 Å². The fourth-order valence-corrected chi connectivity index (χ4v) is 4.25. The molecule has 0 saturated heterocycles. The zero-order valence-electron chi connectivity index (χ0n) is 11.1. The van der Waals surface area contributed by atoms with Crippen LogP contribution in [-0.4, -0.2) is 19.3 Å². The zero-order valence-corrected chi connectivity index (χ0v) is 13.4. The van der Waals surface area contributed by atoms with Gasteiger partial charge in [0.15, 0.2) is 0 Å². The highest BCUT2D eigenvalue weighted by Gasteiger charge is 2.48. The van der Waals surface area contributed by atoms with Crippen molar-refractivity contribution in [3.05, 3.63) is 20.3 Å². The smallest absolute Gasteiger partial charge is 0.0991 e. The van der Waals surface area contributed by atoms with Crippen molar-refractivity contribution >= 4 is 34.5 Å². The van der Waals surface area contributed by atoms with Crippen LogP contribution in [0.4, 0.5) is 0 Å². The lowest BCUT2D eigenvalue weighted by atomic mass is 9.64. The lowest BCUT2D eigenvalue weighted by Crippen LogP contribution is -2.60. The molecule has 1 saturated carbocycles. The molecule has 1 fully saturated rings. The van der Waals surface area contributed by atoms with Crippen LogP contribution in [0.5, 0.6) is 0 Å². The number of hydrogen-bond acceptors (Lipinski definition) is 3. The lowest BCUT2D eigenvalue weighted by molar-refractivity contribution is -0.0999. The van der Waals surface area contributed by atoms with Crippen LogP contribution in [0.15, 0.2) is 6.07 Å². The van der Waals surface area contributed by atoms with Crippen molar-refractivity contribution in [1.82, 2.24) is 5.32 Å². The maximum atomic E-state index is 6.18. The number of halogens is 2. The predicted octanol–water partition coefficient (Wildman–Crippen LogP) is 4.52. The largest absolute Gasteiger partial charge is 0.381 e. The van der Waals surface area contributed by atoms with Crippen molar-refractivity contribution in [2.24, 2.45) is 5.41 Å². The fourth-order valence-electron chi connectivity index (χ4n) is 2.61. The van der Waals surface area contributed by atoms with Crippen LogP contribution < -0.4 is 5.32 Å². The second-order valence-corrected chi connectivity index (χ2v) is 7.79. The monoisotopic (exact) mass is 307 g/mol. The molecule has 102 valence electrons. The highest BCUT2D eigenvalue weighted by molar-refractivity contribution is 7.20. The molecule has 0 aromatic carbocycles. The first-order valence-corrected chi connectivity index (χ1v) is 7.67. The van der Waals surface area contributed by atoms with Gasteiger partial charge in [-0.1, -0.05) is 37.0 Å². The van der Waals surface area contributed by atoms with Gasteiger partial charge < -0.3 is 10.1 Å². The Balaban J connectivity index is 2.01. The molecule has 1 heterocycles. The van der Waals surface area contributed by atoms with E-state index in [1.807, 2.05) is 6.07 Å². The van der Waals surface area contributed by atoms with Crippen molar-refractivity contribution in [3.8, 4) is 0 Å². The average molecular weight is 308 g/mol. The maximum absolute atomic E-state index is 6.18. The number of hydrogen-bond donors (Lipinski definition) is 1. The maximum Gasteiger partial charge on any atom is 0.0991 e. The summed E-state index contributed by atoms with van der Waals surface area (Å²) in [5, 5.41) is 3.62. The summed E-state index contributed by atoms with van der Waals surface area (Å²) in [6.07, 6.45) is 1.38. The van der Waals surface area contributed by atoms with Crippen LogP contribution in [0.25, 0.3) is 0 Å². The molecule has 18 heavy (non-hydrogen) atoms. The first-order chi connectivity index (χ1) is 8.36. The SMILES string of the molecule is COC1CC(NC(C)c2cc(Cl)sc2Cl)C1(C)C. The Morgan fingerprint density at radius 1 is 1.50 bits per heavy atom. The third kappa shape index (κ3) is 2.56. The summed E-state index contributed by atoms with van der Waals surface area (Å²) >= 11 is 13.6. The Morgan fingerprint density at radius 2 is 2.17 bits per heavy atom. The van der Waals surface area contributed by atoms with Gasteiger partial charge in [0.2, 0.25) is 0 Å². The highest BCUT2D eigenvalue weighted by Crippen LogP contribution is 2.44. The second kappa shape index (κ2) is 5.29. The molecule has 3 unspecified atom stereocenters. The quantitative estimate of drug-likeness (QED) is 0.883. The van der Waals surface area contributed by atoms with Gasteiger partial charge >= 0.3 is 0 Å². The highest BCUT2D eigenvalue weighted by atomic mass is 35.5. The van der Waals surface area contributed by atoms with Crippen LogP contribution in [-0.2, 0) is 4.74 Å². The summed E-state index contributed by atoms with van der Waals surface area (Å²) in [4.78, 5) is 0. The Hall–Kier alpha value is 0.200. The minimum atomic E-state index is 0.162. The Labute approximate surface area is 123 Å². The zero-order chi connectivity index (χ0) is 13.5. The average Bonchev–Trinajstić information content (AvgIpc) is 2.63. The molecule has 1 N–H and O–H groups in total. The van der Waals surface area contributed by atoms with E-state index in [1.54, 1.807) is 7.11 Å². The van der Waals surface area contributed by atoms with Gasteiger partial charge in [-0.15, -0.1) is 11.3 Å². The molecular weight excluding hydrogens is 289 g/mol. The summed E-state index contributed by atoms with van der Waals surface area (Å²) in [6, 6.07) is 2.61. The summed E-state index contributed by atoms with van der Waals surface area (Å²) in [5.74, 6) is 0. The standard InChI is InChI=1S/C13H19Cl2NOS/c1-7(8-5-11(14)18-12(8)15)16-9-6-10(17-4)13(9,2)3/h5,7,9-10,16H,6H2,1-4H3. The predicted molar refractivity (Wildman–Crippen MR) is 78.9 cm³/mol. The van der Waals surface area contributed by atoms with E-state index in [1.165, 1.54) is 11.3 Å². The first kappa shape index (κ1) is 14.6. The van der Waals surface area contributed by atoms with Crippen LogP contribution in [0, 0.1) is 5.41 Å². The van der Waals surface area contributed by atoms with E-state index in [2.05, 4.69) is 26.1 Å². The number of ether oxygens (including phenoxy) is 1. The molecule has 0 aliphatic heterocycles. The van der Waals surface area contributed by atoms with Gasteiger partial charge in [-0.2, -0.15) is 0 Å². The number of methoxy groups -OCH3 is 1. The Morgan fingerprint density at radius 3 is 2.61 bits per heavy atom. The van der Waals surface area contributed by atoms with E-state index in [0.717, 1.165) is 20.7 Å². The van der Waals surface area contributed by atoms with Crippen molar-refractivity contribution in [1.29, 1.82) is 0 Å². The van der Waals surface area contributed by atoms with Crippen molar-refractivity contribution in [3.63, 3.8) is 0 Å². The van der Waals surface area contributed by atoms with E-state index in [-0.39, 0.29) is 11.5 Å². The van der Waals surface area contributed by atoms with Crippen LogP contribution in [0.2, 0.25) is 8.67 Å². The van der Waals surface area contributed by atoms with Gasteiger partial charge in [-0.25, -0.2) is 0 Å². The lowest BCUT2D eigenvalue weighted by Gasteiger charge is -2.52. The van der Waals surface area contributed by atoms with Gasteiger partial charge in [-0.3, -0.25) is 0 Å². The first-order valence-electron chi connectivity index (χ1n) is 6.09. The van der Waals surface area contributed by atoms with Gasteiger partial charge in [0.05, 0.1) is 14.8 Å². The minimum absolute atomic E-state index is 0.162. The van der Waals surface area contributed by atoms with Crippen molar-refractivity contribution in [2.75, 3.05) is 7.11 Å². The molecule has 0 amide bonds. The molecule has 2 nitrogen and oxygen atoms in total. The molecular formula is C13H19Cl2NOS. The van der Waals surface area contributed by atoms with Crippen molar-refractivity contribution < 1.29 is 4.74 Å². The van der Waals surface area contributed by atoms with Crippen molar-refractivity contribution in [2.45, 2.75) is 45.4 Å². The number of thiophene rings is 1. The normalized spacial score (nSPS) is 27.9. The third-order valence-corrected chi connectivity index (χ3v) is 5.58. The summed E-state index contributed by atoms with van der Waals surface area (Å²) < 4.78 is 6.98. The molecule has 1 aromatic heterocycles. The Bertz CT molecular complexity index is 433. The molecule has 1 aliphatic carbocycles. The minimum Gasteiger partial charge on any atom is -0.381 e. The summed E-state index contributed by atoms with van der Waals surface area (Å²) in [6.45, 7) is 6.59. The second-order valence-electron chi connectivity index (χ2n) is 5.50. The molecule has 2 rings (SSSR count). The van der Waals surface area contributed by atoms with Gasteiger partial charge in [0.25, 0.3) is 0 Å². The third-order valence-electron chi connectivity index (χ3n) is 4.06. The van der Waals surface area contributed by atoms with Crippen LogP contribution in [0.1, 0.15) is 38.8 Å². The molecule has 5 heteroatoms. The van der Waals surface area contributed by atoms with Gasteiger partial charge in [0.1, 0.15) is 0 Å². The van der Waals surface area contributed by atoms with Gasteiger partial charge in [-0.05, 0) is 25.0 Å². The molecule has 0 spiro atoms. The van der Waals surface area contributed by atoms with Gasteiger partial charge in [0, 0.05) is 24.6 Å². The summed E-state index contributed by atoms with van der Waals surface area (Å²) in [7, 11) is 1.78. The molecule has 0 radical (unpaired) electrons. The molecule has 0 bridgehead atoms. The molecule has 1 aromatic rings. The molecule has 3 atom stereocenters. The number of nitrogens with one attached hydrogen (secondary N) is 1. The number of rotatable bonds is 4. The van der Waals surface area contributed by atoms with E-state index in [9.17, 15) is 0 Å². The van der Waals surface area contributed by atoms with E-state index in [0.29, 0.717) is 12.1 Å². The topological polar surface area (TPSA) is 21.3 Å². The Kier molecular flexibility index (Phi) is 4.30. The molecule has 1 aliphatic rings. The van der Waals surface area contributed by atoms with E-state index < -0.39 is 0 Å².